The second kappa shape index (κ2) is 4.91. The first-order valence-corrected chi connectivity index (χ1v) is 4.79. The first kappa shape index (κ1) is 10.9. The molecule has 0 bridgehead atoms. The topological polar surface area (TPSA) is 38.1 Å². The number of Topliss-reactive ketones (excluding diaryl/α,β-unsaturated/α-hetero) is 1. The Bertz CT molecular complexity index is 306. The van der Waals surface area contributed by atoms with Gasteiger partial charge in [-0.05, 0) is 7.05 Å². The zero-order valence-electron chi connectivity index (χ0n) is 9.03. The molecule has 0 atom stereocenters. The molecule has 0 spiro atoms. The van der Waals surface area contributed by atoms with Crippen molar-refractivity contribution in [2.75, 3.05) is 13.6 Å². The molecule has 0 aromatic carbocycles. The zero-order chi connectivity index (χ0) is 10.6. The van der Waals surface area contributed by atoms with Crippen LogP contribution in [0.15, 0.2) is 12.4 Å². The molecule has 4 nitrogen and oxygen atoms in total. The van der Waals surface area contributed by atoms with Crippen LogP contribution in [0.25, 0.3) is 0 Å². The van der Waals surface area contributed by atoms with Crippen molar-refractivity contribution >= 4 is 5.78 Å². The number of hydrogen-bond acceptors (Lipinski definition) is 3. The lowest BCUT2D eigenvalue weighted by atomic mass is 10.2. The number of nitrogens with zero attached hydrogens (tertiary/aromatic N) is 3. The van der Waals surface area contributed by atoms with Crippen LogP contribution in [0.5, 0.6) is 0 Å². The van der Waals surface area contributed by atoms with Crippen molar-refractivity contribution in [2.45, 2.75) is 19.9 Å². The summed E-state index contributed by atoms with van der Waals surface area (Å²) in [4.78, 5) is 13.2. The lowest BCUT2D eigenvalue weighted by Crippen LogP contribution is -2.24. The average molecular weight is 195 g/mol. The fourth-order valence-electron chi connectivity index (χ4n) is 1.33. The minimum absolute atomic E-state index is 0.274. The van der Waals surface area contributed by atoms with Gasteiger partial charge in [0.15, 0.2) is 0 Å². The van der Waals surface area contributed by atoms with E-state index in [0.29, 0.717) is 13.0 Å². The van der Waals surface area contributed by atoms with E-state index in [1.165, 1.54) is 0 Å². The smallest absolute Gasteiger partial charge is 0.146 e. The number of ketones is 1. The van der Waals surface area contributed by atoms with Crippen LogP contribution in [0.1, 0.15) is 18.9 Å². The number of aromatic nitrogens is 2. The number of hydrogen-bond donors (Lipinski definition) is 0. The van der Waals surface area contributed by atoms with Crippen LogP contribution in [-0.4, -0.2) is 34.1 Å². The molecule has 0 aliphatic heterocycles. The van der Waals surface area contributed by atoms with E-state index < -0.39 is 0 Å². The molecule has 0 saturated heterocycles. The normalized spacial score (nSPS) is 10.9. The Morgan fingerprint density at radius 3 is 2.86 bits per heavy atom. The number of likely N-dealkylation sites (N-methyl/N-ethyl adjacent to an activating group) is 1. The molecule has 4 heteroatoms. The standard InChI is InChI=1S/C10H17N3O/c1-4-10(14)8-12(2)6-9-5-11-13(3)7-9/h5,7H,4,6,8H2,1-3H3. The second-order valence-corrected chi connectivity index (χ2v) is 3.59. The van der Waals surface area contributed by atoms with Crippen LogP contribution in [0.3, 0.4) is 0 Å². The molecule has 0 saturated carbocycles. The Morgan fingerprint density at radius 1 is 1.64 bits per heavy atom. The summed E-state index contributed by atoms with van der Waals surface area (Å²) >= 11 is 0. The monoisotopic (exact) mass is 195 g/mol. The summed E-state index contributed by atoms with van der Waals surface area (Å²) in [5, 5.41) is 4.07. The fourth-order valence-corrected chi connectivity index (χ4v) is 1.33. The summed E-state index contributed by atoms with van der Waals surface area (Å²) in [5.41, 5.74) is 1.14. The molecule has 0 aliphatic rings. The van der Waals surface area contributed by atoms with Gasteiger partial charge in [-0.1, -0.05) is 6.92 Å². The average Bonchev–Trinajstić information content (AvgIpc) is 2.50. The lowest BCUT2D eigenvalue weighted by Gasteiger charge is -2.13. The highest BCUT2D eigenvalue weighted by Gasteiger charge is 2.05. The fraction of sp³-hybridized carbons (Fsp3) is 0.600. The number of rotatable bonds is 5. The number of aryl methyl sites for hydroxylation is 1. The van der Waals surface area contributed by atoms with Gasteiger partial charge in [0.1, 0.15) is 5.78 Å². The van der Waals surface area contributed by atoms with E-state index in [2.05, 4.69) is 5.10 Å². The van der Waals surface area contributed by atoms with Gasteiger partial charge in [0.05, 0.1) is 12.7 Å². The quantitative estimate of drug-likeness (QED) is 0.698. The Morgan fingerprint density at radius 2 is 2.36 bits per heavy atom. The van der Waals surface area contributed by atoms with Crippen LogP contribution in [-0.2, 0) is 18.4 Å². The molecule has 1 aromatic heterocycles. The molecule has 0 radical (unpaired) electrons. The van der Waals surface area contributed by atoms with Crippen molar-refractivity contribution in [3.63, 3.8) is 0 Å². The van der Waals surface area contributed by atoms with Crippen molar-refractivity contribution in [1.82, 2.24) is 14.7 Å². The van der Waals surface area contributed by atoms with E-state index in [-0.39, 0.29) is 5.78 Å². The maximum Gasteiger partial charge on any atom is 0.146 e. The van der Waals surface area contributed by atoms with Crippen molar-refractivity contribution in [1.29, 1.82) is 0 Å². The zero-order valence-corrected chi connectivity index (χ0v) is 9.03. The predicted molar refractivity (Wildman–Crippen MR) is 54.8 cm³/mol. The summed E-state index contributed by atoms with van der Waals surface area (Å²) in [7, 11) is 3.83. The van der Waals surface area contributed by atoms with Gasteiger partial charge in [-0.2, -0.15) is 5.10 Å². The molecule has 1 heterocycles. The predicted octanol–water partition coefficient (Wildman–Crippen LogP) is 0.831. The van der Waals surface area contributed by atoms with Gasteiger partial charge in [-0.3, -0.25) is 14.4 Å². The minimum Gasteiger partial charge on any atom is -0.298 e. The maximum atomic E-state index is 11.2. The van der Waals surface area contributed by atoms with Gasteiger partial charge in [-0.25, -0.2) is 0 Å². The SMILES string of the molecule is CCC(=O)CN(C)Cc1cnn(C)c1. The third-order valence-electron chi connectivity index (χ3n) is 2.05. The molecule has 0 fully saturated rings. The first-order valence-electron chi connectivity index (χ1n) is 4.79. The summed E-state index contributed by atoms with van der Waals surface area (Å²) in [6, 6.07) is 0. The van der Waals surface area contributed by atoms with E-state index >= 15 is 0 Å². The van der Waals surface area contributed by atoms with Crippen molar-refractivity contribution in [3.8, 4) is 0 Å². The summed E-state index contributed by atoms with van der Waals surface area (Å²) in [6.45, 7) is 3.19. The highest BCUT2D eigenvalue weighted by molar-refractivity contribution is 5.80. The largest absolute Gasteiger partial charge is 0.298 e. The summed E-state index contributed by atoms with van der Waals surface area (Å²) < 4.78 is 1.77. The molecule has 0 N–H and O–H groups in total. The number of carbonyl (C=O) groups is 1. The molecular formula is C10H17N3O. The van der Waals surface area contributed by atoms with E-state index in [1.54, 1.807) is 4.68 Å². The Balaban J connectivity index is 2.41. The number of carbonyl (C=O) groups excluding carboxylic acids is 1. The molecule has 14 heavy (non-hydrogen) atoms. The summed E-state index contributed by atoms with van der Waals surface area (Å²) in [6.07, 6.45) is 4.40. The van der Waals surface area contributed by atoms with Gasteiger partial charge < -0.3 is 0 Å². The van der Waals surface area contributed by atoms with E-state index in [0.717, 1.165) is 12.1 Å². The van der Waals surface area contributed by atoms with Gasteiger partial charge in [-0.15, -0.1) is 0 Å². The van der Waals surface area contributed by atoms with Gasteiger partial charge in [0, 0.05) is 31.8 Å². The lowest BCUT2D eigenvalue weighted by molar-refractivity contribution is -0.119. The minimum atomic E-state index is 0.274. The Hall–Kier alpha value is -1.16. The van der Waals surface area contributed by atoms with Gasteiger partial charge >= 0.3 is 0 Å². The van der Waals surface area contributed by atoms with Crippen molar-refractivity contribution in [2.24, 2.45) is 7.05 Å². The van der Waals surface area contributed by atoms with Crippen LogP contribution in [0, 0.1) is 0 Å². The van der Waals surface area contributed by atoms with Crippen LogP contribution >= 0.6 is 0 Å². The van der Waals surface area contributed by atoms with E-state index in [9.17, 15) is 4.79 Å². The molecule has 1 aromatic rings. The maximum absolute atomic E-state index is 11.2. The highest BCUT2D eigenvalue weighted by atomic mass is 16.1. The van der Waals surface area contributed by atoms with Crippen LogP contribution in [0.2, 0.25) is 0 Å². The van der Waals surface area contributed by atoms with Gasteiger partial charge in [0.2, 0.25) is 0 Å². The highest BCUT2D eigenvalue weighted by Crippen LogP contribution is 2.01. The third-order valence-corrected chi connectivity index (χ3v) is 2.05. The van der Waals surface area contributed by atoms with E-state index in [1.807, 2.05) is 38.3 Å². The van der Waals surface area contributed by atoms with Crippen LogP contribution < -0.4 is 0 Å². The molecule has 0 amide bonds. The van der Waals surface area contributed by atoms with Crippen LogP contribution in [0.4, 0.5) is 0 Å². The molecule has 0 aliphatic carbocycles. The van der Waals surface area contributed by atoms with Crippen molar-refractivity contribution in [3.05, 3.63) is 18.0 Å². The van der Waals surface area contributed by atoms with Gasteiger partial charge in [0.25, 0.3) is 0 Å². The molecule has 0 unspecified atom stereocenters. The third kappa shape index (κ3) is 3.30. The molecular weight excluding hydrogens is 178 g/mol. The molecule has 1 rings (SSSR count). The van der Waals surface area contributed by atoms with E-state index in [4.69, 9.17) is 0 Å². The summed E-state index contributed by atoms with van der Waals surface area (Å²) in [5.74, 6) is 0.274. The van der Waals surface area contributed by atoms with Crippen molar-refractivity contribution < 1.29 is 4.79 Å². The second-order valence-electron chi connectivity index (χ2n) is 3.59. The first-order chi connectivity index (χ1) is 6.61. The Kier molecular flexibility index (Phi) is 3.83. The Labute approximate surface area is 84.5 Å². The molecule has 78 valence electrons.